The molecule has 0 bridgehead atoms. The fourth-order valence-corrected chi connectivity index (χ4v) is 1.21. The molecule has 13 heavy (non-hydrogen) atoms. The maximum absolute atomic E-state index is 5.61. The molecule has 0 amide bonds. The summed E-state index contributed by atoms with van der Waals surface area (Å²) in [7, 11) is 0. The highest BCUT2D eigenvalue weighted by Gasteiger charge is 2.00. The van der Waals surface area contributed by atoms with Gasteiger partial charge in [0.15, 0.2) is 0 Å². The Morgan fingerprint density at radius 1 is 1.23 bits per heavy atom. The second-order valence-corrected chi connectivity index (χ2v) is 3.00. The van der Waals surface area contributed by atoms with Crippen LogP contribution < -0.4 is 4.74 Å². The van der Waals surface area contributed by atoms with Crippen molar-refractivity contribution in [3.05, 3.63) is 36.2 Å². The standard InChI is InChI=1S/C12H17O/c1-3-7-11-8-5-6-9-12(11)13-10-4-2/h5-9H,3-4,10H2,1-2H3. The van der Waals surface area contributed by atoms with Crippen molar-refractivity contribution >= 4 is 0 Å². The predicted molar refractivity (Wildman–Crippen MR) is 55.9 cm³/mol. The maximum atomic E-state index is 5.61. The van der Waals surface area contributed by atoms with Crippen LogP contribution in [-0.4, -0.2) is 6.61 Å². The Balaban J connectivity index is 2.66. The van der Waals surface area contributed by atoms with Crippen LogP contribution in [0.3, 0.4) is 0 Å². The Kier molecular flexibility index (Phi) is 4.37. The summed E-state index contributed by atoms with van der Waals surface area (Å²) in [5.41, 5.74) is 1.21. The Morgan fingerprint density at radius 3 is 2.69 bits per heavy atom. The van der Waals surface area contributed by atoms with E-state index in [2.05, 4.69) is 26.3 Å². The summed E-state index contributed by atoms with van der Waals surface area (Å²) >= 11 is 0. The van der Waals surface area contributed by atoms with Gasteiger partial charge >= 0.3 is 0 Å². The van der Waals surface area contributed by atoms with E-state index >= 15 is 0 Å². The summed E-state index contributed by atoms with van der Waals surface area (Å²) < 4.78 is 5.61. The zero-order valence-electron chi connectivity index (χ0n) is 8.42. The lowest BCUT2D eigenvalue weighted by Crippen LogP contribution is -1.97. The Morgan fingerprint density at radius 2 is 2.00 bits per heavy atom. The summed E-state index contributed by atoms with van der Waals surface area (Å²) in [4.78, 5) is 0. The quantitative estimate of drug-likeness (QED) is 0.669. The van der Waals surface area contributed by atoms with Gasteiger partial charge in [-0.25, -0.2) is 0 Å². The minimum Gasteiger partial charge on any atom is -0.493 e. The molecule has 0 atom stereocenters. The monoisotopic (exact) mass is 177 g/mol. The van der Waals surface area contributed by atoms with Gasteiger partial charge in [-0.15, -0.1) is 0 Å². The molecule has 0 saturated heterocycles. The summed E-state index contributed by atoms with van der Waals surface area (Å²) in [5, 5.41) is 0. The van der Waals surface area contributed by atoms with Gasteiger partial charge in [-0.3, -0.25) is 0 Å². The Hall–Kier alpha value is -0.980. The topological polar surface area (TPSA) is 9.23 Å². The van der Waals surface area contributed by atoms with Crippen LogP contribution in [0.2, 0.25) is 0 Å². The van der Waals surface area contributed by atoms with Crippen molar-refractivity contribution in [2.24, 2.45) is 0 Å². The fraction of sp³-hybridized carbons (Fsp3) is 0.417. The molecule has 0 N–H and O–H groups in total. The van der Waals surface area contributed by atoms with Gasteiger partial charge in [-0.2, -0.15) is 0 Å². The highest BCUT2D eigenvalue weighted by Crippen LogP contribution is 2.20. The third kappa shape index (κ3) is 3.10. The molecule has 0 heterocycles. The van der Waals surface area contributed by atoms with Crippen LogP contribution in [0.4, 0.5) is 0 Å². The molecule has 0 saturated carbocycles. The van der Waals surface area contributed by atoms with E-state index in [4.69, 9.17) is 4.74 Å². The van der Waals surface area contributed by atoms with Crippen LogP contribution in [0.15, 0.2) is 24.3 Å². The lowest BCUT2D eigenvalue weighted by molar-refractivity contribution is 0.315. The van der Waals surface area contributed by atoms with Crippen LogP contribution in [0.5, 0.6) is 5.75 Å². The third-order valence-electron chi connectivity index (χ3n) is 1.80. The smallest absolute Gasteiger partial charge is 0.122 e. The molecule has 0 spiro atoms. The molecule has 1 nitrogen and oxygen atoms in total. The number of hydrogen-bond acceptors (Lipinski definition) is 1. The average Bonchev–Trinajstić information content (AvgIpc) is 2.17. The van der Waals surface area contributed by atoms with Crippen LogP contribution in [0.1, 0.15) is 32.3 Å². The zero-order valence-corrected chi connectivity index (χ0v) is 8.42. The number of para-hydroxylation sites is 1. The van der Waals surface area contributed by atoms with Gasteiger partial charge < -0.3 is 4.74 Å². The lowest BCUT2D eigenvalue weighted by Gasteiger charge is -2.09. The van der Waals surface area contributed by atoms with Crippen LogP contribution >= 0.6 is 0 Å². The van der Waals surface area contributed by atoms with Crippen molar-refractivity contribution < 1.29 is 4.74 Å². The van der Waals surface area contributed by atoms with E-state index in [0.29, 0.717) is 0 Å². The molecule has 1 heteroatoms. The summed E-state index contributed by atoms with van der Waals surface area (Å²) in [6.07, 6.45) is 4.29. The van der Waals surface area contributed by atoms with Gasteiger partial charge in [0.25, 0.3) is 0 Å². The normalized spacial score (nSPS) is 10.0. The second kappa shape index (κ2) is 5.63. The number of ether oxygens (including phenoxy) is 1. The summed E-state index contributed by atoms with van der Waals surface area (Å²) in [5.74, 6) is 1.01. The Bertz CT molecular complexity index is 243. The minimum atomic E-state index is 0.800. The van der Waals surface area contributed by atoms with E-state index in [-0.39, 0.29) is 0 Å². The van der Waals surface area contributed by atoms with Crippen molar-refractivity contribution in [3.63, 3.8) is 0 Å². The van der Waals surface area contributed by atoms with Crippen LogP contribution in [-0.2, 0) is 0 Å². The molecule has 1 aromatic rings. The molecule has 0 aliphatic rings. The van der Waals surface area contributed by atoms with Crippen molar-refractivity contribution in [1.82, 2.24) is 0 Å². The minimum absolute atomic E-state index is 0.800. The molecule has 1 aromatic carbocycles. The molecular weight excluding hydrogens is 160 g/mol. The summed E-state index contributed by atoms with van der Waals surface area (Å²) in [6, 6.07) is 8.17. The largest absolute Gasteiger partial charge is 0.493 e. The van der Waals surface area contributed by atoms with Crippen LogP contribution in [0.25, 0.3) is 0 Å². The number of rotatable bonds is 5. The van der Waals surface area contributed by atoms with Crippen molar-refractivity contribution in [3.8, 4) is 5.75 Å². The maximum Gasteiger partial charge on any atom is 0.122 e. The van der Waals surface area contributed by atoms with Crippen molar-refractivity contribution in [1.29, 1.82) is 0 Å². The van der Waals surface area contributed by atoms with Gasteiger partial charge in [0.05, 0.1) is 6.61 Å². The van der Waals surface area contributed by atoms with Crippen molar-refractivity contribution in [2.75, 3.05) is 6.61 Å². The molecule has 0 aliphatic heterocycles. The molecule has 0 unspecified atom stereocenters. The SMILES string of the molecule is CC[CH]c1ccccc1OCCC. The predicted octanol–water partition coefficient (Wildman–Crippen LogP) is 3.44. The van der Waals surface area contributed by atoms with E-state index in [1.807, 2.05) is 18.2 Å². The first kappa shape index (κ1) is 10.1. The molecule has 1 rings (SSSR count). The van der Waals surface area contributed by atoms with E-state index in [0.717, 1.165) is 25.2 Å². The van der Waals surface area contributed by atoms with Gasteiger partial charge in [0.2, 0.25) is 0 Å². The molecule has 71 valence electrons. The molecule has 0 fully saturated rings. The zero-order chi connectivity index (χ0) is 9.52. The molecule has 0 aromatic heterocycles. The fourth-order valence-electron chi connectivity index (χ4n) is 1.21. The first-order valence-electron chi connectivity index (χ1n) is 4.93. The summed E-state index contributed by atoms with van der Waals surface area (Å²) in [6.45, 7) is 5.05. The molecule has 0 aliphatic carbocycles. The third-order valence-corrected chi connectivity index (χ3v) is 1.80. The Labute approximate surface area is 80.7 Å². The van der Waals surface area contributed by atoms with E-state index in [1.54, 1.807) is 0 Å². The van der Waals surface area contributed by atoms with E-state index < -0.39 is 0 Å². The first-order chi connectivity index (χ1) is 6.38. The van der Waals surface area contributed by atoms with E-state index in [9.17, 15) is 0 Å². The lowest BCUT2D eigenvalue weighted by atomic mass is 10.1. The molecule has 1 radical (unpaired) electrons. The number of hydrogen-bond donors (Lipinski definition) is 0. The first-order valence-corrected chi connectivity index (χ1v) is 4.93. The molecular formula is C12H17O. The van der Waals surface area contributed by atoms with Gasteiger partial charge in [-0.05, 0) is 30.9 Å². The highest BCUT2D eigenvalue weighted by atomic mass is 16.5. The van der Waals surface area contributed by atoms with Gasteiger partial charge in [-0.1, -0.05) is 32.0 Å². The van der Waals surface area contributed by atoms with Gasteiger partial charge in [0.1, 0.15) is 5.75 Å². The second-order valence-electron chi connectivity index (χ2n) is 3.00. The number of benzene rings is 1. The van der Waals surface area contributed by atoms with Crippen molar-refractivity contribution in [2.45, 2.75) is 26.7 Å². The van der Waals surface area contributed by atoms with Gasteiger partial charge in [0, 0.05) is 0 Å². The van der Waals surface area contributed by atoms with Crippen LogP contribution in [0, 0.1) is 6.42 Å². The van der Waals surface area contributed by atoms with E-state index in [1.165, 1.54) is 5.56 Å². The average molecular weight is 177 g/mol. The highest BCUT2D eigenvalue weighted by molar-refractivity contribution is 5.38.